The number of aromatic nitrogens is 1. The van der Waals surface area contributed by atoms with Gasteiger partial charge < -0.3 is 9.88 Å². The molecule has 2 aliphatic rings. The zero-order chi connectivity index (χ0) is 21.0. The molecule has 0 bridgehead atoms. The number of hydrogen-bond acceptors (Lipinski definition) is 5. The number of amidine groups is 1. The topological polar surface area (TPSA) is 97.6 Å². The van der Waals surface area contributed by atoms with Crippen molar-refractivity contribution in [3.63, 3.8) is 0 Å². The van der Waals surface area contributed by atoms with E-state index in [1.54, 1.807) is 41.1 Å². The van der Waals surface area contributed by atoms with E-state index in [-0.39, 0.29) is 16.5 Å². The number of anilines is 1. The lowest BCUT2D eigenvalue weighted by Crippen LogP contribution is -2.54. The van der Waals surface area contributed by atoms with Gasteiger partial charge in [-0.05, 0) is 49.9 Å². The van der Waals surface area contributed by atoms with Crippen molar-refractivity contribution in [2.45, 2.75) is 44.0 Å². The molecule has 1 aromatic carbocycles. The molecular formula is C21H23N3O4S. The van der Waals surface area contributed by atoms with Gasteiger partial charge in [-0.25, -0.2) is 0 Å². The van der Waals surface area contributed by atoms with Crippen molar-refractivity contribution in [1.82, 2.24) is 4.57 Å². The predicted octanol–water partition coefficient (Wildman–Crippen LogP) is 3.23. The largest absolute Gasteiger partial charge is 0.341 e. The van der Waals surface area contributed by atoms with Crippen LogP contribution >= 0.6 is 0 Å². The molecule has 0 aliphatic carbocycles. The Morgan fingerprint density at radius 1 is 1.17 bits per heavy atom. The number of hydrogen-bond donors (Lipinski definition) is 1. The molecule has 0 spiro atoms. The summed E-state index contributed by atoms with van der Waals surface area (Å²) in [6.07, 6.45) is 3.08. The van der Waals surface area contributed by atoms with Crippen molar-refractivity contribution in [3.05, 3.63) is 48.3 Å². The zero-order valence-corrected chi connectivity index (χ0v) is 17.4. The van der Waals surface area contributed by atoms with Crippen molar-refractivity contribution >= 4 is 33.1 Å². The Bertz CT molecular complexity index is 1150. The second-order valence-corrected chi connectivity index (χ2v) is 9.78. The highest BCUT2D eigenvalue weighted by Crippen LogP contribution is 2.38. The molecule has 7 nitrogen and oxygen atoms in total. The van der Waals surface area contributed by atoms with Gasteiger partial charge in [0.05, 0.1) is 11.4 Å². The summed E-state index contributed by atoms with van der Waals surface area (Å²) in [5, 5.41) is 2.93. The quantitative estimate of drug-likeness (QED) is 0.776. The van der Waals surface area contributed by atoms with E-state index in [1.807, 2.05) is 6.92 Å². The number of para-hydroxylation sites is 1. The molecule has 1 aromatic heterocycles. The maximum atomic E-state index is 13.6. The highest BCUT2D eigenvalue weighted by atomic mass is 32.2. The Balaban J connectivity index is 1.82. The first kappa shape index (κ1) is 19.6. The van der Waals surface area contributed by atoms with Crippen LogP contribution in [0.1, 0.15) is 44.1 Å². The molecule has 29 heavy (non-hydrogen) atoms. The number of fused-ring (bicyclic) bond motifs is 2. The molecule has 3 heterocycles. The number of ketones is 2. The van der Waals surface area contributed by atoms with Gasteiger partial charge in [0.15, 0.2) is 11.6 Å². The summed E-state index contributed by atoms with van der Waals surface area (Å²) in [6.45, 7) is 5.96. The third-order valence-electron chi connectivity index (χ3n) is 5.72. The van der Waals surface area contributed by atoms with Crippen LogP contribution in [0, 0.1) is 11.8 Å². The molecule has 0 amide bonds. The fourth-order valence-electron chi connectivity index (χ4n) is 4.03. The summed E-state index contributed by atoms with van der Waals surface area (Å²) < 4.78 is 30.9. The summed E-state index contributed by atoms with van der Waals surface area (Å²) in [5.74, 6) is -1.80. The summed E-state index contributed by atoms with van der Waals surface area (Å²) in [4.78, 5) is 26.8. The number of Topliss-reactive ketones (excluding diaryl/α,β-unsaturated/α-hetero) is 2. The molecule has 0 radical (unpaired) electrons. The number of nitrogens with one attached hydrogen (secondary N) is 1. The summed E-state index contributed by atoms with van der Waals surface area (Å²) >= 11 is 0. The second kappa shape index (κ2) is 6.66. The number of rotatable bonds is 4. The van der Waals surface area contributed by atoms with E-state index >= 15 is 0 Å². The lowest BCUT2D eigenvalue weighted by molar-refractivity contribution is -0.129. The molecule has 2 aromatic rings. The van der Waals surface area contributed by atoms with Crippen molar-refractivity contribution in [1.29, 1.82) is 0 Å². The minimum atomic E-state index is -4.00. The Hall–Kier alpha value is -2.74. The van der Waals surface area contributed by atoms with Gasteiger partial charge >= 0.3 is 0 Å². The molecular weight excluding hydrogens is 390 g/mol. The molecule has 0 saturated heterocycles. The highest BCUT2D eigenvalue weighted by molar-refractivity contribution is 7.90. The fraction of sp³-hybridized carbons (Fsp3) is 0.381. The van der Waals surface area contributed by atoms with Crippen LogP contribution in [0.2, 0.25) is 0 Å². The summed E-state index contributed by atoms with van der Waals surface area (Å²) in [7, 11) is -4.00. The van der Waals surface area contributed by atoms with Crippen molar-refractivity contribution in [3.8, 4) is 0 Å². The average Bonchev–Trinajstić information content (AvgIpc) is 3.16. The molecule has 2 aliphatic heterocycles. The van der Waals surface area contributed by atoms with Crippen molar-refractivity contribution < 1.29 is 18.0 Å². The maximum Gasteiger partial charge on any atom is 0.286 e. The Labute approximate surface area is 169 Å². The third kappa shape index (κ3) is 3.02. The maximum absolute atomic E-state index is 13.6. The van der Waals surface area contributed by atoms with Crippen LogP contribution in [0.25, 0.3) is 0 Å². The first-order valence-corrected chi connectivity index (χ1v) is 11.1. The average molecular weight is 413 g/mol. The van der Waals surface area contributed by atoms with Gasteiger partial charge in [-0.3, -0.25) is 9.59 Å². The fourth-order valence-corrected chi connectivity index (χ4v) is 5.19. The Morgan fingerprint density at radius 2 is 1.90 bits per heavy atom. The molecule has 152 valence electrons. The number of nitrogens with zero attached hydrogens (tertiary/aromatic N) is 2. The zero-order valence-electron chi connectivity index (χ0n) is 16.5. The van der Waals surface area contributed by atoms with Crippen LogP contribution in [0.4, 0.5) is 5.69 Å². The van der Waals surface area contributed by atoms with Crippen LogP contribution in [0.3, 0.4) is 0 Å². The van der Waals surface area contributed by atoms with E-state index < -0.39 is 27.3 Å². The minimum Gasteiger partial charge on any atom is -0.341 e. The van der Waals surface area contributed by atoms with Crippen LogP contribution in [0.15, 0.2) is 51.9 Å². The lowest BCUT2D eigenvalue weighted by atomic mass is 9.76. The van der Waals surface area contributed by atoms with Gasteiger partial charge in [-0.15, -0.1) is 4.40 Å². The summed E-state index contributed by atoms with van der Waals surface area (Å²) in [6, 6.07) is 9.73. The molecule has 1 N–H and O–H groups in total. The predicted molar refractivity (Wildman–Crippen MR) is 110 cm³/mol. The van der Waals surface area contributed by atoms with Crippen LogP contribution in [0.5, 0.6) is 0 Å². The van der Waals surface area contributed by atoms with E-state index in [4.69, 9.17) is 0 Å². The SMILES string of the molecule is CC(C)CCC1(C)C(=O)C(C2=NS(=O)(=O)c3ccccc3N2)C(=O)c2cccn21. The smallest absolute Gasteiger partial charge is 0.286 e. The number of carbonyl (C=O) groups excluding carboxylic acids is 2. The van der Waals surface area contributed by atoms with Gasteiger partial charge in [0.1, 0.15) is 22.2 Å². The van der Waals surface area contributed by atoms with Gasteiger partial charge in [0, 0.05) is 6.20 Å². The lowest BCUT2D eigenvalue weighted by Gasteiger charge is -2.39. The molecule has 2 unspecified atom stereocenters. The Kier molecular flexibility index (Phi) is 4.49. The van der Waals surface area contributed by atoms with E-state index in [0.29, 0.717) is 23.7 Å². The third-order valence-corrected chi connectivity index (χ3v) is 7.07. The molecule has 2 atom stereocenters. The van der Waals surface area contributed by atoms with E-state index in [0.717, 1.165) is 6.42 Å². The van der Waals surface area contributed by atoms with Crippen LogP contribution in [-0.4, -0.2) is 30.4 Å². The van der Waals surface area contributed by atoms with Crippen LogP contribution < -0.4 is 5.32 Å². The number of benzene rings is 1. The van der Waals surface area contributed by atoms with E-state index in [2.05, 4.69) is 23.6 Å². The molecule has 0 saturated carbocycles. The first-order valence-electron chi connectivity index (χ1n) is 9.62. The second-order valence-electron chi connectivity index (χ2n) is 8.20. The van der Waals surface area contributed by atoms with E-state index in [1.165, 1.54) is 6.07 Å². The highest BCUT2D eigenvalue weighted by Gasteiger charge is 2.51. The minimum absolute atomic E-state index is 0.0328. The van der Waals surface area contributed by atoms with Gasteiger partial charge in [0.25, 0.3) is 10.0 Å². The summed E-state index contributed by atoms with van der Waals surface area (Å²) in [5.41, 5.74) is -0.239. The molecule has 8 heteroatoms. The number of carbonyl (C=O) groups is 2. The number of sulfonamides is 1. The Morgan fingerprint density at radius 3 is 2.62 bits per heavy atom. The van der Waals surface area contributed by atoms with E-state index in [9.17, 15) is 18.0 Å². The van der Waals surface area contributed by atoms with Gasteiger partial charge in [0.2, 0.25) is 0 Å². The molecule has 0 fully saturated rings. The van der Waals surface area contributed by atoms with Crippen molar-refractivity contribution in [2.75, 3.05) is 5.32 Å². The van der Waals surface area contributed by atoms with Crippen LogP contribution in [-0.2, 0) is 20.4 Å². The molecule has 4 rings (SSSR count). The monoisotopic (exact) mass is 413 g/mol. The standard InChI is InChI=1S/C21H23N3O4S/c1-13(2)10-11-21(3)19(26)17(18(25)15-8-6-12-24(15)21)20-22-14-7-4-5-9-16(14)29(27,28)23-20/h4-9,12-13,17H,10-11H2,1-3H3,(H,22,23). The first-order chi connectivity index (χ1) is 13.6. The van der Waals surface area contributed by atoms with Gasteiger partial charge in [-0.1, -0.05) is 26.0 Å². The van der Waals surface area contributed by atoms with Gasteiger partial charge in [-0.2, -0.15) is 8.42 Å². The van der Waals surface area contributed by atoms with Crippen molar-refractivity contribution in [2.24, 2.45) is 16.2 Å². The normalized spacial score (nSPS) is 25.2.